The van der Waals surface area contributed by atoms with Crippen molar-refractivity contribution in [3.05, 3.63) is 44.6 Å². The number of carbonyl (C=O) groups excluding carboxylic acids is 1. The number of hydrogen-bond acceptors (Lipinski definition) is 6. The maximum Gasteiger partial charge on any atom is 0.262 e. The summed E-state index contributed by atoms with van der Waals surface area (Å²) >= 11 is 6.01. The average molecular weight is 439 g/mol. The maximum atomic E-state index is 12.8. The Labute approximate surface area is 160 Å². The molecule has 25 heavy (non-hydrogen) atoms. The summed E-state index contributed by atoms with van der Waals surface area (Å²) in [4.78, 5) is 33.4. The largest absolute Gasteiger partial charge is 0.301 e. The number of halogens is 1. The Hall–Kier alpha value is -1.71. The van der Waals surface area contributed by atoms with Crippen molar-refractivity contribution in [2.75, 3.05) is 11.1 Å². The quantitative estimate of drug-likeness (QED) is 0.468. The fraction of sp³-hybridized carbons (Fsp3) is 0.250. The molecule has 0 saturated carbocycles. The first-order valence-electron chi connectivity index (χ1n) is 7.60. The van der Waals surface area contributed by atoms with Gasteiger partial charge in [-0.3, -0.25) is 14.2 Å². The predicted molar refractivity (Wildman–Crippen MR) is 105 cm³/mol. The number of aromatic nitrogens is 3. The first kappa shape index (κ1) is 18.1. The minimum atomic E-state index is -0.173. The highest BCUT2D eigenvalue weighted by molar-refractivity contribution is 9.10. The lowest BCUT2D eigenvalue weighted by atomic mass is 10.2. The number of rotatable bonds is 6. The summed E-state index contributed by atoms with van der Waals surface area (Å²) in [5.41, 5.74) is 0.541. The van der Waals surface area contributed by atoms with Crippen molar-refractivity contribution in [1.82, 2.24) is 14.5 Å². The Morgan fingerprint density at radius 2 is 2.28 bits per heavy atom. The number of hydrogen-bond donors (Lipinski definition) is 1. The summed E-state index contributed by atoms with van der Waals surface area (Å²) in [6.45, 7) is 2.56. The van der Waals surface area contributed by atoms with Crippen LogP contribution in [0.3, 0.4) is 0 Å². The molecular formula is C16H15BrN4O2S2. The Morgan fingerprint density at radius 1 is 1.44 bits per heavy atom. The topological polar surface area (TPSA) is 76.9 Å². The van der Waals surface area contributed by atoms with Crippen molar-refractivity contribution in [1.29, 1.82) is 0 Å². The van der Waals surface area contributed by atoms with E-state index in [2.05, 4.69) is 31.2 Å². The van der Waals surface area contributed by atoms with Crippen LogP contribution in [0.2, 0.25) is 0 Å². The molecule has 1 aromatic carbocycles. The first-order chi connectivity index (χ1) is 12.1. The Bertz CT molecular complexity index is 957. The Morgan fingerprint density at radius 3 is 3.00 bits per heavy atom. The second-order valence-electron chi connectivity index (χ2n) is 5.19. The van der Waals surface area contributed by atoms with Gasteiger partial charge < -0.3 is 5.32 Å². The highest BCUT2D eigenvalue weighted by Crippen LogP contribution is 2.21. The summed E-state index contributed by atoms with van der Waals surface area (Å²) in [5, 5.41) is 6.21. The molecule has 0 unspecified atom stereocenters. The van der Waals surface area contributed by atoms with Gasteiger partial charge in [0.2, 0.25) is 5.91 Å². The maximum absolute atomic E-state index is 12.8. The van der Waals surface area contributed by atoms with Crippen molar-refractivity contribution in [3.63, 3.8) is 0 Å². The van der Waals surface area contributed by atoms with Crippen molar-refractivity contribution in [3.8, 4) is 0 Å². The van der Waals surface area contributed by atoms with Crippen molar-refractivity contribution in [2.24, 2.45) is 0 Å². The summed E-state index contributed by atoms with van der Waals surface area (Å²) in [7, 11) is 0. The van der Waals surface area contributed by atoms with E-state index in [0.29, 0.717) is 27.7 Å². The molecule has 0 spiro atoms. The number of thioether (sulfide) groups is 1. The molecule has 9 heteroatoms. The minimum absolute atomic E-state index is 0.0871. The fourth-order valence-electron chi connectivity index (χ4n) is 2.27. The van der Waals surface area contributed by atoms with Crippen LogP contribution in [0.1, 0.15) is 13.3 Å². The van der Waals surface area contributed by atoms with Crippen LogP contribution in [-0.2, 0) is 11.3 Å². The summed E-state index contributed by atoms with van der Waals surface area (Å²) in [6.07, 6.45) is 2.44. The third kappa shape index (κ3) is 4.28. The molecule has 0 bridgehead atoms. The molecule has 0 saturated heterocycles. The third-order valence-electron chi connectivity index (χ3n) is 3.34. The number of nitrogens with zero attached hydrogens (tertiary/aromatic N) is 3. The van der Waals surface area contributed by atoms with Gasteiger partial charge in [-0.05, 0) is 24.6 Å². The molecule has 0 aliphatic rings. The molecular weight excluding hydrogens is 424 g/mol. The molecule has 1 N–H and O–H groups in total. The molecule has 6 nitrogen and oxygen atoms in total. The van der Waals surface area contributed by atoms with Gasteiger partial charge in [0, 0.05) is 22.6 Å². The zero-order valence-corrected chi connectivity index (χ0v) is 16.6. The molecule has 0 aliphatic carbocycles. The van der Waals surface area contributed by atoms with E-state index >= 15 is 0 Å². The lowest BCUT2D eigenvalue weighted by Crippen LogP contribution is -2.24. The Kier molecular flexibility index (Phi) is 5.87. The molecule has 0 radical (unpaired) electrons. The van der Waals surface area contributed by atoms with E-state index in [4.69, 9.17) is 0 Å². The van der Waals surface area contributed by atoms with Crippen LogP contribution < -0.4 is 10.9 Å². The molecule has 3 aromatic rings. The van der Waals surface area contributed by atoms with Crippen LogP contribution in [0.4, 0.5) is 5.13 Å². The second kappa shape index (κ2) is 8.11. The van der Waals surface area contributed by atoms with Crippen LogP contribution in [-0.4, -0.2) is 26.2 Å². The van der Waals surface area contributed by atoms with E-state index in [1.54, 1.807) is 28.3 Å². The molecule has 0 fully saturated rings. The van der Waals surface area contributed by atoms with Crippen LogP contribution >= 0.6 is 39.0 Å². The smallest absolute Gasteiger partial charge is 0.262 e. The van der Waals surface area contributed by atoms with Crippen molar-refractivity contribution in [2.45, 2.75) is 25.0 Å². The zero-order chi connectivity index (χ0) is 17.8. The van der Waals surface area contributed by atoms with Crippen LogP contribution in [0.25, 0.3) is 10.9 Å². The molecule has 0 atom stereocenters. The van der Waals surface area contributed by atoms with Crippen LogP contribution in [0.5, 0.6) is 0 Å². The zero-order valence-electron chi connectivity index (χ0n) is 13.4. The standard InChI is InChI=1S/C16H15BrN4O2S2/c1-2-6-21-14(23)11-8-10(17)3-4-12(11)19-16(21)25-9-13(22)20-15-18-5-7-24-15/h3-5,7-8H,2,6,9H2,1H3,(H,18,20,22). The third-order valence-corrected chi connectivity index (χ3v) is 5.50. The lowest BCUT2D eigenvalue weighted by Gasteiger charge is -2.12. The summed E-state index contributed by atoms with van der Waals surface area (Å²) in [5.74, 6) is -0.00856. The number of nitrogens with one attached hydrogen (secondary N) is 1. The predicted octanol–water partition coefficient (Wildman–Crippen LogP) is 3.76. The average Bonchev–Trinajstić information content (AvgIpc) is 3.09. The van der Waals surface area contributed by atoms with Gasteiger partial charge in [-0.25, -0.2) is 9.97 Å². The summed E-state index contributed by atoms with van der Waals surface area (Å²) < 4.78 is 2.47. The number of amides is 1. The minimum Gasteiger partial charge on any atom is -0.301 e. The van der Waals surface area contributed by atoms with Gasteiger partial charge in [0.1, 0.15) is 0 Å². The van der Waals surface area contributed by atoms with E-state index < -0.39 is 0 Å². The highest BCUT2D eigenvalue weighted by Gasteiger charge is 2.13. The van der Waals surface area contributed by atoms with Gasteiger partial charge in [0.05, 0.1) is 16.7 Å². The second-order valence-corrected chi connectivity index (χ2v) is 7.94. The van der Waals surface area contributed by atoms with E-state index in [0.717, 1.165) is 10.9 Å². The van der Waals surface area contributed by atoms with Gasteiger partial charge in [0.25, 0.3) is 5.56 Å². The number of thiazole rings is 1. The Balaban J connectivity index is 1.86. The highest BCUT2D eigenvalue weighted by atomic mass is 79.9. The van der Waals surface area contributed by atoms with E-state index in [9.17, 15) is 9.59 Å². The SMILES string of the molecule is CCCn1c(SCC(=O)Nc2nccs2)nc2ccc(Br)cc2c1=O. The van der Waals surface area contributed by atoms with Crippen LogP contribution in [0.15, 0.2) is 44.2 Å². The lowest BCUT2D eigenvalue weighted by molar-refractivity contribution is -0.113. The monoisotopic (exact) mass is 438 g/mol. The van der Waals surface area contributed by atoms with Crippen molar-refractivity contribution >= 4 is 61.0 Å². The van der Waals surface area contributed by atoms with E-state index in [1.165, 1.54) is 23.1 Å². The molecule has 2 heterocycles. The van der Waals surface area contributed by atoms with E-state index in [1.807, 2.05) is 13.0 Å². The number of benzene rings is 1. The fourth-order valence-corrected chi connectivity index (χ4v) is 4.01. The first-order valence-corrected chi connectivity index (χ1v) is 10.3. The van der Waals surface area contributed by atoms with Gasteiger partial charge >= 0.3 is 0 Å². The van der Waals surface area contributed by atoms with Gasteiger partial charge in [-0.2, -0.15) is 0 Å². The molecule has 0 aliphatic heterocycles. The normalized spacial score (nSPS) is 11.0. The number of carbonyl (C=O) groups is 1. The van der Waals surface area contributed by atoms with Crippen molar-refractivity contribution < 1.29 is 4.79 Å². The number of anilines is 1. The molecule has 2 aromatic heterocycles. The number of fused-ring (bicyclic) bond motifs is 1. The molecule has 3 rings (SSSR count). The van der Waals surface area contributed by atoms with Crippen LogP contribution in [0, 0.1) is 0 Å². The van der Waals surface area contributed by atoms with Gasteiger partial charge in [-0.1, -0.05) is 34.6 Å². The van der Waals surface area contributed by atoms with E-state index in [-0.39, 0.29) is 17.2 Å². The molecule has 1 amide bonds. The van der Waals surface area contributed by atoms with Gasteiger partial charge in [0.15, 0.2) is 10.3 Å². The molecule has 130 valence electrons. The summed E-state index contributed by atoms with van der Waals surface area (Å²) in [6, 6.07) is 5.43. The van der Waals surface area contributed by atoms with Gasteiger partial charge in [-0.15, -0.1) is 11.3 Å².